The predicted octanol–water partition coefficient (Wildman–Crippen LogP) is 4.64. The summed E-state index contributed by atoms with van der Waals surface area (Å²) >= 11 is 6.11. The highest BCUT2D eigenvalue weighted by Crippen LogP contribution is 2.36. The van der Waals surface area contributed by atoms with Crippen LogP contribution in [0.15, 0.2) is 10.3 Å². The normalized spacial score (nSPS) is 10.9. The van der Waals surface area contributed by atoms with Crippen molar-refractivity contribution in [2.45, 2.75) is 38.8 Å². The van der Waals surface area contributed by atoms with Gasteiger partial charge in [-0.15, -0.1) is 24.0 Å². The van der Waals surface area contributed by atoms with Gasteiger partial charge in [-0.2, -0.15) is 0 Å². The molecule has 0 spiro atoms. The lowest BCUT2D eigenvalue weighted by Gasteiger charge is -2.13. The van der Waals surface area contributed by atoms with Crippen LogP contribution in [0.25, 0.3) is 10.6 Å². The van der Waals surface area contributed by atoms with Gasteiger partial charge in [-0.05, 0) is 56.9 Å². The Morgan fingerprint density at radius 1 is 1.00 bits per heavy atom. The van der Waals surface area contributed by atoms with Crippen molar-refractivity contribution in [3.63, 3.8) is 0 Å². The number of aryl methyl sites for hydroxylation is 3. The molecule has 17 heavy (non-hydrogen) atoms. The van der Waals surface area contributed by atoms with Crippen molar-refractivity contribution >= 4 is 24.0 Å². The van der Waals surface area contributed by atoms with E-state index in [0.29, 0.717) is 0 Å². The number of aromatic nitrogens is 1. The molecule has 1 aromatic carbocycles. The standard InChI is InChI=1S/C14H17NS2/c1-7-6-8(2)10(4)12(9(7)3)13-15-11(5)14(16)17-13/h6,16H,1-5H3. The topological polar surface area (TPSA) is 12.9 Å². The van der Waals surface area contributed by atoms with Crippen molar-refractivity contribution in [3.05, 3.63) is 34.0 Å². The molecule has 1 heterocycles. The van der Waals surface area contributed by atoms with Crippen LogP contribution in [0, 0.1) is 34.6 Å². The van der Waals surface area contributed by atoms with E-state index in [4.69, 9.17) is 0 Å². The Hall–Kier alpha value is -0.800. The second-order valence-corrected chi connectivity index (χ2v) is 6.29. The summed E-state index contributed by atoms with van der Waals surface area (Å²) in [7, 11) is 0. The number of nitrogens with zero attached hydrogens (tertiary/aromatic N) is 1. The Bertz CT molecular complexity index is 537. The number of thiazole rings is 1. The molecule has 1 aromatic heterocycles. The van der Waals surface area contributed by atoms with Crippen LogP contribution in [-0.4, -0.2) is 4.98 Å². The minimum Gasteiger partial charge on any atom is -0.240 e. The maximum atomic E-state index is 4.63. The molecule has 0 amide bonds. The second kappa shape index (κ2) is 4.46. The molecule has 0 aliphatic carbocycles. The van der Waals surface area contributed by atoms with Crippen LogP contribution in [0.3, 0.4) is 0 Å². The van der Waals surface area contributed by atoms with E-state index in [-0.39, 0.29) is 0 Å². The number of rotatable bonds is 1. The third-order valence-electron chi connectivity index (χ3n) is 3.35. The molecule has 0 saturated heterocycles. The molecule has 0 saturated carbocycles. The number of thiol groups is 1. The molecule has 0 aliphatic heterocycles. The molecule has 0 unspecified atom stereocenters. The zero-order valence-corrected chi connectivity index (χ0v) is 12.6. The number of hydrogen-bond donors (Lipinski definition) is 1. The predicted molar refractivity (Wildman–Crippen MR) is 78.5 cm³/mol. The minimum atomic E-state index is 1.01. The lowest BCUT2D eigenvalue weighted by Crippen LogP contribution is -1.94. The SMILES string of the molecule is Cc1cc(C)c(C)c(-c2nc(C)c(S)s2)c1C. The van der Waals surface area contributed by atoms with E-state index < -0.39 is 0 Å². The molecule has 1 nitrogen and oxygen atoms in total. The van der Waals surface area contributed by atoms with Crippen LogP contribution in [-0.2, 0) is 0 Å². The van der Waals surface area contributed by atoms with Crippen LogP contribution in [0.1, 0.15) is 27.9 Å². The molecule has 2 rings (SSSR count). The van der Waals surface area contributed by atoms with E-state index in [9.17, 15) is 0 Å². The summed E-state index contributed by atoms with van der Waals surface area (Å²) in [5.74, 6) is 0. The summed E-state index contributed by atoms with van der Waals surface area (Å²) in [5.41, 5.74) is 7.63. The minimum absolute atomic E-state index is 1.01. The van der Waals surface area contributed by atoms with Crippen molar-refractivity contribution in [1.82, 2.24) is 4.98 Å². The monoisotopic (exact) mass is 263 g/mol. The lowest BCUT2D eigenvalue weighted by atomic mass is 9.95. The van der Waals surface area contributed by atoms with Gasteiger partial charge in [0.25, 0.3) is 0 Å². The molecule has 90 valence electrons. The Morgan fingerprint density at radius 2 is 1.53 bits per heavy atom. The summed E-state index contributed by atoms with van der Waals surface area (Å²) in [6.45, 7) is 10.7. The molecule has 0 atom stereocenters. The van der Waals surface area contributed by atoms with E-state index in [2.05, 4.69) is 51.4 Å². The second-order valence-electron chi connectivity index (χ2n) is 4.54. The maximum Gasteiger partial charge on any atom is 0.125 e. The molecular weight excluding hydrogens is 246 g/mol. The van der Waals surface area contributed by atoms with Crippen molar-refractivity contribution in [1.29, 1.82) is 0 Å². The fourth-order valence-corrected chi connectivity index (χ4v) is 3.31. The first-order valence-electron chi connectivity index (χ1n) is 5.66. The summed E-state index contributed by atoms with van der Waals surface area (Å²) in [6, 6.07) is 2.25. The average Bonchev–Trinajstić information content (AvgIpc) is 2.57. The first-order chi connectivity index (χ1) is 7.91. The Balaban J connectivity index is 2.74. The van der Waals surface area contributed by atoms with Crippen molar-refractivity contribution in [2.75, 3.05) is 0 Å². The average molecular weight is 263 g/mol. The van der Waals surface area contributed by atoms with E-state index in [0.717, 1.165) is 14.9 Å². The van der Waals surface area contributed by atoms with Crippen molar-refractivity contribution in [3.8, 4) is 10.6 Å². The quantitative estimate of drug-likeness (QED) is 0.739. The smallest absolute Gasteiger partial charge is 0.125 e. The van der Waals surface area contributed by atoms with Gasteiger partial charge in [0, 0.05) is 5.56 Å². The van der Waals surface area contributed by atoms with Gasteiger partial charge >= 0.3 is 0 Å². The van der Waals surface area contributed by atoms with E-state index in [1.165, 1.54) is 27.8 Å². The van der Waals surface area contributed by atoms with Crippen molar-refractivity contribution in [2.24, 2.45) is 0 Å². The fourth-order valence-electron chi connectivity index (χ4n) is 2.03. The molecule has 3 heteroatoms. The van der Waals surface area contributed by atoms with E-state index in [1.807, 2.05) is 6.92 Å². The van der Waals surface area contributed by atoms with Gasteiger partial charge in [0.2, 0.25) is 0 Å². The number of benzene rings is 1. The zero-order valence-electron chi connectivity index (χ0n) is 10.9. The molecule has 0 radical (unpaired) electrons. The van der Waals surface area contributed by atoms with Crippen LogP contribution in [0.5, 0.6) is 0 Å². The van der Waals surface area contributed by atoms with Crippen LogP contribution in [0.2, 0.25) is 0 Å². The van der Waals surface area contributed by atoms with Gasteiger partial charge in [-0.3, -0.25) is 0 Å². The molecule has 0 N–H and O–H groups in total. The Kier molecular flexibility index (Phi) is 3.32. The molecular formula is C14H17NS2. The molecule has 0 aliphatic rings. The van der Waals surface area contributed by atoms with E-state index in [1.54, 1.807) is 11.3 Å². The molecule has 0 fully saturated rings. The largest absolute Gasteiger partial charge is 0.240 e. The highest BCUT2D eigenvalue weighted by atomic mass is 32.2. The Labute approximate surface area is 112 Å². The summed E-state index contributed by atoms with van der Waals surface area (Å²) in [6.07, 6.45) is 0. The maximum absolute atomic E-state index is 4.63. The van der Waals surface area contributed by atoms with Gasteiger partial charge in [0.1, 0.15) is 5.01 Å². The summed E-state index contributed by atoms with van der Waals surface area (Å²) in [4.78, 5) is 4.63. The summed E-state index contributed by atoms with van der Waals surface area (Å²) < 4.78 is 1.01. The molecule has 0 bridgehead atoms. The highest BCUT2D eigenvalue weighted by Gasteiger charge is 2.14. The van der Waals surface area contributed by atoms with Crippen molar-refractivity contribution < 1.29 is 0 Å². The first kappa shape index (κ1) is 12.7. The van der Waals surface area contributed by atoms with Gasteiger partial charge < -0.3 is 0 Å². The van der Waals surface area contributed by atoms with Gasteiger partial charge in [-0.25, -0.2) is 4.98 Å². The zero-order chi connectivity index (χ0) is 12.7. The van der Waals surface area contributed by atoms with Gasteiger partial charge in [0.15, 0.2) is 0 Å². The Morgan fingerprint density at radius 3 is 1.94 bits per heavy atom. The first-order valence-corrected chi connectivity index (χ1v) is 6.92. The van der Waals surface area contributed by atoms with E-state index >= 15 is 0 Å². The third kappa shape index (κ3) is 2.14. The van der Waals surface area contributed by atoms with Crippen LogP contribution >= 0.6 is 24.0 Å². The van der Waals surface area contributed by atoms with Gasteiger partial charge in [0.05, 0.1) is 9.90 Å². The highest BCUT2D eigenvalue weighted by molar-refractivity contribution is 7.83. The van der Waals surface area contributed by atoms with Crippen LogP contribution in [0.4, 0.5) is 0 Å². The third-order valence-corrected chi connectivity index (χ3v) is 4.93. The number of hydrogen-bond acceptors (Lipinski definition) is 3. The summed E-state index contributed by atoms with van der Waals surface area (Å²) in [5, 5.41) is 1.09. The molecule has 2 aromatic rings. The van der Waals surface area contributed by atoms with Crippen LogP contribution < -0.4 is 0 Å². The fraction of sp³-hybridized carbons (Fsp3) is 0.357. The lowest BCUT2D eigenvalue weighted by molar-refractivity contribution is 1.19. The van der Waals surface area contributed by atoms with Gasteiger partial charge in [-0.1, -0.05) is 6.07 Å².